The first kappa shape index (κ1) is 20.4. The Morgan fingerprint density at radius 3 is 2.59 bits per heavy atom. The molecule has 0 radical (unpaired) electrons. The van der Waals surface area contributed by atoms with Crippen molar-refractivity contribution < 1.29 is 4.79 Å². The van der Waals surface area contributed by atoms with Crippen molar-refractivity contribution >= 4 is 28.8 Å². The van der Waals surface area contributed by atoms with Crippen molar-refractivity contribution in [3.05, 3.63) is 77.5 Å². The van der Waals surface area contributed by atoms with Gasteiger partial charge in [0, 0.05) is 23.6 Å². The molecular formula is C24H28N4O. The van der Waals surface area contributed by atoms with E-state index in [1.807, 2.05) is 49.4 Å². The first-order chi connectivity index (χ1) is 13.9. The van der Waals surface area contributed by atoms with Crippen LogP contribution >= 0.6 is 0 Å². The second-order valence-corrected chi connectivity index (χ2v) is 7.74. The Morgan fingerprint density at radius 2 is 1.83 bits per heavy atom. The van der Waals surface area contributed by atoms with E-state index in [2.05, 4.69) is 35.5 Å². The molecule has 5 heteroatoms. The number of hydrogen-bond acceptors (Lipinski definition) is 4. The van der Waals surface area contributed by atoms with Gasteiger partial charge in [-0.3, -0.25) is 4.79 Å². The smallest absolute Gasteiger partial charge is 0.259 e. The lowest BCUT2D eigenvalue weighted by Gasteiger charge is -2.14. The van der Waals surface area contributed by atoms with E-state index >= 15 is 0 Å². The molecule has 0 atom stereocenters. The minimum absolute atomic E-state index is 0.228. The van der Waals surface area contributed by atoms with Gasteiger partial charge in [-0.2, -0.15) is 0 Å². The highest BCUT2D eigenvalue weighted by molar-refractivity contribution is 6.08. The summed E-state index contributed by atoms with van der Waals surface area (Å²) in [5.74, 6) is 0.769. The zero-order valence-corrected chi connectivity index (χ0v) is 17.2. The highest BCUT2D eigenvalue weighted by Crippen LogP contribution is 2.24. The van der Waals surface area contributed by atoms with Crippen LogP contribution in [0, 0.1) is 12.8 Å². The quantitative estimate of drug-likeness (QED) is 0.495. The summed E-state index contributed by atoms with van der Waals surface area (Å²) in [4.78, 5) is 17.1. The van der Waals surface area contributed by atoms with Crippen LogP contribution in [0.2, 0.25) is 0 Å². The van der Waals surface area contributed by atoms with Gasteiger partial charge in [0.2, 0.25) is 0 Å². The summed E-state index contributed by atoms with van der Waals surface area (Å²) in [6.45, 7) is 6.44. The van der Waals surface area contributed by atoms with E-state index in [0.717, 1.165) is 29.8 Å². The molecule has 3 aromatic rings. The van der Waals surface area contributed by atoms with E-state index < -0.39 is 0 Å². The number of pyridine rings is 1. The number of nitrogens with two attached hydrogens (primary N) is 1. The van der Waals surface area contributed by atoms with Crippen LogP contribution in [-0.4, -0.2) is 10.9 Å². The predicted molar refractivity (Wildman–Crippen MR) is 121 cm³/mol. The van der Waals surface area contributed by atoms with Crippen LogP contribution in [0.1, 0.15) is 41.8 Å². The van der Waals surface area contributed by atoms with Crippen molar-refractivity contribution in [3.63, 3.8) is 0 Å². The van der Waals surface area contributed by atoms with Crippen LogP contribution in [0.5, 0.6) is 0 Å². The van der Waals surface area contributed by atoms with E-state index in [1.54, 1.807) is 6.07 Å². The summed E-state index contributed by atoms with van der Waals surface area (Å²) in [5, 5.41) is 6.27. The summed E-state index contributed by atoms with van der Waals surface area (Å²) in [6, 6.07) is 17.6. The maximum absolute atomic E-state index is 12.9. The van der Waals surface area contributed by atoms with Gasteiger partial charge < -0.3 is 16.4 Å². The van der Waals surface area contributed by atoms with Crippen LogP contribution in [0.15, 0.2) is 60.8 Å². The number of carbonyl (C=O) groups is 1. The van der Waals surface area contributed by atoms with Crippen molar-refractivity contribution in [2.45, 2.75) is 33.6 Å². The molecule has 0 aliphatic carbocycles. The minimum atomic E-state index is -0.228. The maximum Gasteiger partial charge on any atom is 0.259 e. The fourth-order valence-electron chi connectivity index (χ4n) is 3.09. The third-order valence-electron chi connectivity index (χ3n) is 4.66. The lowest BCUT2D eigenvalue weighted by Crippen LogP contribution is -2.15. The van der Waals surface area contributed by atoms with Crippen LogP contribution < -0.4 is 16.4 Å². The molecule has 0 unspecified atom stereocenters. The fourth-order valence-corrected chi connectivity index (χ4v) is 3.09. The normalized spacial score (nSPS) is 10.8. The summed E-state index contributed by atoms with van der Waals surface area (Å²) in [6.07, 6.45) is 3.61. The van der Waals surface area contributed by atoms with Crippen molar-refractivity contribution in [1.82, 2.24) is 4.98 Å². The molecule has 1 amide bonds. The Balaban J connectivity index is 1.80. The van der Waals surface area contributed by atoms with E-state index in [9.17, 15) is 4.79 Å². The molecule has 0 fully saturated rings. The van der Waals surface area contributed by atoms with Crippen molar-refractivity contribution in [1.29, 1.82) is 0 Å². The Hall–Kier alpha value is -3.34. The molecule has 1 aromatic heterocycles. The van der Waals surface area contributed by atoms with Crippen molar-refractivity contribution in [3.8, 4) is 0 Å². The Labute approximate surface area is 172 Å². The van der Waals surface area contributed by atoms with E-state index in [1.165, 1.54) is 11.8 Å². The molecule has 1 heterocycles. The van der Waals surface area contributed by atoms with E-state index in [0.29, 0.717) is 23.0 Å². The number of hydrogen-bond donors (Lipinski definition) is 3. The number of benzene rings is 2. The molecule has 0 saturated carbocycles. The Bertz CT molecular complexity index is 998. The average molecular weight is 389 g/mol. The summed E-state index contributed by atoms with van der Waals surface area (Å²) in [7, 11) is 0. The molecule has 2 aromatic carbocycles. The van der Waals surface area contributed by atoms with Gasteiger partial charge in [-0.1, -0.05) is 38.1 Å². The summed E-state index contributed by atoms with van der Waals surface area (Å²) in [5.41, 5.74) is 10.9. The predicted octanol–water partition coefficient (Wildman–Crippen LogP) is 5.56. The first-order valence-corrected chi connectivity index (χ1v) is 9.90. The first-order valence-electron chi connectivity index (χ1n) is 9.90. The van der Waals surface area contributed by atoms with Crippen LogP contribution in [0.3, 0.4) is 0 Å². The molecule has 5 nitrogen and oxygen atoms in total. The fraction of sp³-hybridized carbons (Fsp3) is 0.250. The number of nitrogens with one attached hydrogen (secondary N) is 2. The molecule has 0 bridgehead atoms. The topological polar surface area (TPSA) is 80.0 Å². The number of nitrogens with zero attached hydrogens (tertiary/aromatic N) is 1. The van der Waals surface area contributed by atoms with Gasteiger partial charge in [-0.15, -0.1) is 0 Å². The highest BCUT2D eigenvalue weighted by atomic mass is 16.1. The second kappa shape index (κ2) is 9.24. The lowest BCUT2D eigenvalue weighted by atomic mass is 10.0. The molecule has 150 valence electrons. The monoisotopic (exact) mass is 388 g/mol. The summed E-state index contributed by atoms with van der Waals surface area (Å²) >= 11 is 0. The molecule has 3 rings (SSSR count). The molecule has 0 aliphatic heterocycles. The van der Waals surface area contributed by atoms with E-state index in [4.69, 9.17) is 5.73 Å². The molecule has 0 aliphatic rings. The third-order valence-corrected chi connectivity index (χ3v) is 4.66. The Morgan fingerprint density at radius 1 is 1.07 bits per heavy atom. The zero-order chi connectivity index (χ0) is 20.8. The van der Waals surface area contributed by atoms with Gasteiger partial charge in [0.05, 0.1) is 11.3 Å². The lowest BCUT2D eigenvalue weighted by molar-refractivity contribution is 0.102. The average Bonchev–Trinajstić information content (AvgIpc) is 2.67. The van der Waals surface area contributed by atoms with Gasteiger partial charge >= 0.3 is 0 Å². The number of aryl methyl sites for hydroxylation is 2. The number of nitrogen functional groups attached to an aromatic ring is 1. The zero-order valence-electron chi connectivity index (χ0n) is 17.2. The highest BCUT2D eigenvalue weighted by Gasteiger charge is 2.14. The number of carbonyl (C=O) groups excluding carboxylic acids is 1. The maximum atomic E-state index is 12.9. The van der Waals surface area contributed by atoms with Gasteiger partial charge in [-0.25, -0.2) is 4.98 Å². The van der Waals surface area contributed by atoms with Gasteiger partial charge in [0.1, 0.15) is 5.82 Å². The van der Waals surface area contributed by atoms with E-state index in [-0.39, 0.29) is 5.91 Å². The second-order valence-electron chi connectivity index (χ2n) is 7.74. The molecule has 29 heavy (non-hydrogen) atoms. The van der Waals surface area contributed by atoms with Crippen molar-refractivity contribution in [2.75, 3.05) is 16.4 Å². The largest absolute Gasteiger partial charge is 0.384 e. The molecule has 0 saturated heterocycles. The number of amides is 1. The van der Waals surface area contributed by atoms with Crippen LogP contribution in [0.25, 0.3) is 0 Å². The molecule has 4 N–H and O–H groups in total. The van der Waals surface area contributed by atoms with Crippen molar-refractivity contribution in [2.24, 2.45) is 5.92 Å². The van der Waals surface area contributed by atoms with Gasteiger partial charge in [0.15, 0.2) is 0 Å². The standard InChI is InChI=1S/C24H28N4O/c1-16(2)10-11-18-7-5-9-20(13-18)28-24(29)21-15-26-23(25)14-22(21)27-19-8-4-6-17(3)12-19/h4-9,12-16H,10-11H2,1-3H3,(H,28,29)(H3,25,26,27). The van der Waals surface area contributed by atoms with Gasteiger partial charge in [-0.05, 0) is 61.1 Å². The number of aromatic nitrogens is 1. The Kier molecular flexibility index (Phi) is 6.50. The third kappa shape index (κ3) is 5.82. The minimum Gasteiger partial charge on any atom is -0.384 e. The van der Waals surface area contributed by atoms with Crippen LogP contribution in [-0.2, 0) is 6.42 Å². The van der Waals surface area contributed by atoms with Crippen LogP contribution in [0.4, 0.5) is 22.9 Å². The number of anilines is 4. The van der Waals surface area contributed by atoms with Gasteiger partial charge in [0.25, 0.3) is 5.91 Å². The SMILES string of the molecule is Cc1cccc(Nc2cc(N)ncc2C(=O)Nc2cccc(CCC(C)C)c2)c1. The summed E-state index contributed by atoms with van der Waals surface area (Å²) < 4.78 is 0. The number of rotatable bonds is 7. The molecular weight excluding hydrogens is 360 g/mol. The molecule has 0 spiro atoms.